The van der Waals surface area contributed by atoms with E-state index in [1.165, 1.54) is 289 Å². The SMILES string of the molecule is CCC/C=C\C/C=C\CCCCCCCC(=O)OCCCCCCCCCCCCCCCCCCCCCCCCCCCCCCCCCCCCCCCC(=O)NC(COC1OC(CO)C(O)C(O)C1O)C(O)/C=C/CCCCCCCCCC. The summed E-state index contributed by atoms with van der Waals surface area (Å²) < 4.78 is 16.7. The lowest BCUT2D eigenvalue weighted by Crippen LogP contribution is -2.60. The highest BCUT2D eigenvalue weighted by Gasteiger charge is 2.44. The summed E-state index contributed by atoms with van der Waals surface area (Å²) in [5.41, 5.74) is 0. The Balaban J connectivity index is 1.86. The molecule has 0 aromatic rings. The summed E-state index contributed by atoms with van der Waals surface area (Å²) in [5.74, 6) is -0.173. The Hall–Kier alpha value is -2.12. The van der Waals surface area contributed by atoms with Gasteiger partial charge in [-0.05, 0) is 57.8 Å². The molecule has 518 valence electrons. The van der Waals surface area contributed by atoms with Gasteiger partial charge in [0, 0.05) is 12.8 Å². The summed E-state index contributed by atoms with van der Waals surface area (Å²) in [6, 6.07) is -0.804. The Morgan fingerprint density at radius 3 is 1.19 bits per heavy atom. The van der Waals surface area contributed by atoms with Crippen LogP contribution in [-0.4, -0.2) is 100 Å². The molecule has 1 saturated heterocycles. The molecule has 0 aromatic heterocycles. The van der Waals surface area contributed by atoms with E-state index in [0.717, 1.165) is 64.2 Å². The van der Waals surface area contributed by atoms with Crippen LogP contribution in [0, 0.1) is 0 Å². The largest absolute Gasteiger partial charge is 0.466 e. The van der Waals surface area contributed by atoms with Crippen LogP contribution in [0.3, 0.4) is 0 Å². The number of allylic oxidation sites excluding steroid dienone is 5. The normalized spacial score (nSPS) is 17.9. The van der Waals surface area contributed by atoms with Crippen LogP contribution in [0.4, 0.5) is 0 Å². The quantitative estimate of drug-likeness (QED) is 0.0195. The smallest absolute Gasteiger partial charge is 0.305 e. The van der Waals surface area contributed by atoms with Gasteiger partial charge in [0.2, 0.25) is 5.91 Å². The average molecular weight is 1250 g/mol. The van der Waals surface area contributed by atoms with Crippen molar-refractivity contribution < 1.29 is 49.3 Å². The molecule has 88 heavy (non-hydrogen) atoms. The zero-order chi connectivity index (χ0) is 63.7. The third-order valence-corrected chi connectivity index (χ3v) is 18.2. The molecule has 1 amide bonds. The van der Waals surface area contributed by atoms with Crippen molar-refractivity contribution in [1.29, 1.82) is 0 Å². The lowest BCUT2D eigenvalue weighted by Gasteiger charge is -2.40. The number of rotatable bonds is 68. The van der Waals surface area contributed by atoms with Crippen LogP contribution in [-0.2, 0) is 23.8 Å². The van der Waals surface area contributed by atoms with Crippen LogP contribution >= 0.6 is 0 Å². The summed E-state index contributed by atoms with van der Waals surface area (Å²) >= 11 is 0. The van der Waals surface area contributed by atoms with Gasteiger partial charge in [0.1, 0.15) is 24.4 Å². The predicted molar refractivity (Wildman–Crippen MR) is 371 cm³/mol. The van der Waals surface area contributed by atoms with Crippen LogP contribution in [0.1, 0.15) is 380 Å². The minimum absolute atomic E-state index is 0.00207. The maximum atomic E-state index is 13.0. The van der Waals surface area contributed by atoms with Crippen molar-refractivity contribution in [3.05, 3.63) is 36.5 Å². The molecule has 7 atom stereocenters. The molecular formula is C77H145NO10. The molecule has 1 heterocycles. The monoisotopic (exact) mass is 1240 g/mol. The number of amides is 1. The van der Waals surface area contributed by atoms with E-state index in [1.807, 2.05) is 6.08 Å². The number of unbranched alkanes of at least 4 members (excludes halogenated alkanes) is 50. The number of esters is 1. The van der Waals surface area contributed by atoms with E-state index in [2.05, 4.69) is 43.5 Å². The molecule has 0 spiro atoms. The van der Waals surface area contributed by atoms with E-state index in [4.69, 9.17) is 14.2 Å². The van der Waals surface area contributed by atoms with Crippen molar-refractivity contribution in [2.24, 2.45) is 0 Å². The second-order valence-corrected chi connectivity index (χ2v) is 26.7. The van der Waals surface area contributed by atoms with E-state index in [9.17, 15) is 35.1 Å². The number of aliphatic hydroxyl groups excluding tert-OH is 5. The number of aliphatic hydroxyl groups is 5. The predicted octanol–water partition coefficient (Wildman–Crippen LogP) is 20.1. The summed E-state index contributed by atoms with van der Waals surface area (Å²) in [6.07, 6.45) is 76.1. The minimum atomic E-state index is -1.57. The fraction of sp³-hybridized carbons (Fsp3) is 0.896. The number of ether oxygens (including phenoxy) is 3. The van der Waals surface area contributed by atoms with E-state index in [1.54, 1.807) is 6.08 Å². The van der Waals surface area contributed by atoms with Crippen molar-refractivity contribution >= 4 is 11.9 Å². The van der Waals surface area contributed by atoms with Crippen LogP contribution in [0.25, 0.3) is 0 Å². The standard InChI is InChI=1S/C77H145NO10/c1-3-5-7-9-11-13-15-41-45-49-53-57-61-65-73(82)86-66-62-58-54-50-46-43-40-38-36-34-32-30-28-26-24-22-20-18-16-17-19-21-23-25-27-29-31-33-35-37-39-42-44-48-52-56-60-64-72(81)78-69(68-87-77-76(85)75(84)74(83)71(67-79)88-77)70(80)63-59-55-51-47-14-12-10-8-6-4-2/h7,9,13,15,59,63,69-71,74-77,79-80,83-85H,3-6,8,10-12,14,16-58,60-62,64-68H2,1-2H3,(H,78,81)/b9-7-,15-13-,63-59+. The average Bonchev–Trinajstić information content (AvgIpc) is 2.84. The van der Waals surface area contributed by atoms with Gasteiger partial charge in [-0.3, -0.25) is 9.59 Å². The van der Waals surface area contributed by atoms with Crippen LogP contribution in [0.5, 0.6) is 0 Å². The van der Waals surface area contributed by atoms with Crippen LogP contribution in [0.15, 0.2) is 36.5 Å². The van der Waals surface area contributed by atoms with E-state index >= 15 is 0 Å². The second kappa shape index (κ2) is 66.3. The van der Waals surface area contributed by atoms with Crippen LogP contribution in [0.2, 0.25) is 0 Å². The molecular weight excluding hydrogens is 1100 g/mol. The van der Waals surface area contributed by atoms with Crippen molar-refractivity contribution in [3.8, 4) is 0 Å². The lowest BCUT2D eigenvalue weighted by molar-refractivity contribution is -0.302. The Labute approximate surface area is 543 Å². The first-order valence-corrected chi connectivity index (χ1v) is 38.3. The molecule has 0 bridgehead atoms. The molecule has 7 unspecified atom stereocenters. The van der Waals surface area contributed by atoms with Crippen molar-refractivity contribution in [1.82, 2.24) is 5.32 Å². The van der Waals surface area contributed by atoms with Gasteiger partial charge in [0.15, 0.2) is 6.29 Å². The third-order valence-electron chi connectivity index (χ3n) is 18.2. The number of carbonyl (C=O) groups excluding carboxylic acids is 2. The molecule has 0 aromatic carbocycles. The fourth-order valence-electron chi connectivity index (χ4n) is 12.2. The summed E-state index contributed by atoms with van der Waals surface area (Å²) in [7, 11) is 0. The highest BCUT2D eigenvalue weighted by atomic mass is 16.7. The molecule has 1 aliphatic rings. The molecule has 1 rings (SSSR count). The highest BCUT2D eigenvalue weighted by Crippen LogP contribution is 2.24. The minimum Gasteiger partial charge on any atom is -0.466 e. The first kappa shape index (κ1) is 83.9. The Morgan fingerprint density at radius 2 is 0.784 bits per heavy atom. The second-order valence-electron chi connectivity index (χ2n) is 26.7. The number of nitrogens with one attached hydrogen (secondary N) is 1. The Kier molecular flexibility index (Phi) is 63.2. The first-order chi connectivity index (χ1) is 43.2. The summed E-state index contributed by atoms with van der Waals surface area (Å²) in [6.45, 7) is 4.30. The van der Waals surface area contributed by atoms with Crippen LogP contribution < -0.4 is 5.32 Å². The van der Waals surface area contributed by atoms with E-state index < -0.39 is 49.5 Å². The molecule has 1 aliphatic heterocycles. The third kappa shape index (κ3) is 54.4. The van der Waals surface area contributed by atoms with E-state index in [-0.39, 0.29) is 18.5 Å². The van der Waals surface area contributed by atoms with Gasteiger partial charge in [-0.1, -0.05) is 346 Å². The fourth-order valence-corrected chi connectivity index (χ4v) is 12.2. The zero-order valence-corrected chi connectivity index (χ0v) is 57.7. The topological polar surface area (TPSA) is 175 Å². The van der Waals surface area contributed by atoms with Crippen molar-refractivity contribution in [2.45, 2.75) is 423 Å². The van der Waals surface area contributed by atoms with Crippen molar-refractivity contribution in [2.75, 3.05) is 19.8 Å². The van der Waals surface area contributed by atoms with Gasteiger partial charge in [0.05, 0.1) is 32.0 Å². The Morgan fingerprint density at radius 1 is 0.420 bits per heavy atom. The maximum absolute atomic E-state index is 13.0. The molecule has 0 aliphatic carbocycles. The number of hydrogen-bond acceptors (Lipinski definition) is 10. The molecule has 11 heteroatoms. The van der Waals surface area contributed by atoms with Gasteiger partial charge in [-0.2, -0.15) is 0 Å². The van der Waals surface area contributed by atoms with Gasteiger partial charge in [0.25, 0.3) is 0 Å². The molecule has 11 nitrogen and oxygen atoms in total. The van der Waals surface area contributed by atoms with Gasteiger partial charge in [-0.25, -0.2) is 0 Å². The molecule has 0 saturated carbocycles. The lowest BCUT2D eigenvalue weighted by atomic mass is 9.99. The molecule has 0 radical (unpaired) electrons. The summed E-state index contributed by atoms with van der Waals surface area (Å²) in [4.78, 5) is 25.1. The van der Waals surface area contributed by atoms with Gasteiger partial charge >= 0.3 is 5.97 Å². The maximum Gasteiger partial charge on any atom is 0.305 e. The first-order valence-electron chi connectivity index (χ1n) is 38.3. The Bertz CT molecular complexity index is 1560. The molecule has 1 fully saturated rings. The molecule has 6 N–H and O–H groups in total. The van der Waals surface area contributed by atoms with E-state index in [0.29, 0.717) is 19.4 Å². The summed E-state index contributed by atoms with van der Waals surface area (Å²) in [5, 5.41) is 54.4. The van der Waals surface area contributed by atoms with Crippen molar-refractivity contribution in [3.63, 3.8) is 0 Å². The zero-order valence-electron chi connectivity index (χ0n) is 57.7. The van der Waals surface area contributed by atoms with Gasteiger partial charge in [-0.15, -0.1) is 0 Å². The van der Waals surface area contributed by atoms with Gasteiger partial charge < -0.3 is 45.1 Å². The number of hydrogen-bond donors (Lipinski definition) is 6. The highest BCUT2D eigenvalue weighted by molar-refractivity contribution is 5.76. The number of carbonyl (C=O) groups is 2.